The van der Waals surface area contributed by atoms with Crippen LogP contribution in [0.3, 0.4) is 0 Å². The molecule has 0 unspecified atom stereocenters. The highest BCUT2D eigenvalue weighted by Gasteiger charge is 2.38. The third kappa shape index (κ3) is 3.02. The molecule has 1 N–H and O–H groups in total. The average Bonchev–Trinajstić information content (AvgIpc) is 2.92. The minimum absolute atomic E-state index is 0.0454. The molecule has 2 rings (SSSR count). The van der Waals surface area contributed by atoms with E-state index in [1.54, 1.807) is 0 Å². The molecular formula is C11H15F3N4O2. The largest absolute Gasteiger partial charge is 0.451 e. The molecule has 1 aliphatic carbocycles. The highest BCUT2D eigenvalue weighted by atomic mass is 19.4. The van der Waals surface area contributed by atoms with Crippen molar-refractivity contribution in [1.29, 1.82) is 0 Å². The van der Waals surface area contributed by atoms with E-state index in [1.165, 1.54) is 0 Å². The SMILES string of the molecule is Cn1c(C(F)(F)F)nn(CC(=O)NC2CCCC2)c1=O. The van der Waals surface area contributed by atoms with E-state index in [2.05, 4.69) is 10.4 Å². The first-order valence-electron chi connectivity index (χ1n) is 6.29. The fraction of sp³-hybridized carbons (Fsp3) is 0.727. The van der Waals surface area contributed by atoms with Crippen molar-refractivity contribution in [3.8, 4) is 0 Å². The predicted octanol–water partition coefficient (Wildman–Crippen LogP) is 0.659. The lowest BCUT2D eigenvalue weighted by Gasteiger charge is -2.11. The second-order valence-corrected chi connectivity index (χ2v) is 4.87. The molecule has 20 heavy (non-hydrogen) atoms. The molecule has 0 saturated heterocycles. The molecule has 0 aromatic carbocycles. The number of nitrogens with zero attached hydrogens (tertiary/aromatic N) is 3. The number of nitrogens with one attached hydrogen (secondary N) is 1. The zero-order valence-electron chi connectivity index (χ0n) is 10.9. The third-order valence-corrected chi connectivity index (χ3v) is 3.31. The summed E-state index contributed by atoms with van der Waals surface area (Å²) in [4.78, 5) is 23.3. The lowest BCUT2D eigenvalue weighted by molar-refractivity contribution is -0.147. The molecule has 1 fully saturated rings. The van der Waals surface area contributed by atoms with Gasteiger partial charge in [0, 0.05) is 13.1 Å². The quantitative estimate of drug-likeness (QED) is 0.890. The van der Waals surface area contributed by atoms with Crippen molar-refractivity contribution < 1.29 is 18.0 Å². The molecule has 1 aliphatic rings. The van der Waals surface area contributed by atoms with E-state index in [1.807, 2.05) is 0 Å². The first kappa shape index (κ1) is 14.6. The van der Waals surface area contributed by atoms with Gasteiger partial charge in [0.25, 0.3) is 0 Å². The molecule has 1 aromatic heterocycles. The summed E-state index contributed by atoms with van der Waals surface area (Å²) < 4.78 is 38.6. The second-order valence-electron chi connectivity index (χ2n) is 4.87. The minimum Gasteiger partial charge on any atom is -0.352 e. The maximum Gasteiger partial charge on any atom is 0.451 e. The van der Waals surface area contributed by atoms with Gasteiger partial charge in [-0.15, -0.1) is 5.10 Å². The minimum atomic E-state index is -4.72. The highest BCUT2D eigenvalue weighted by molar-refractivity contribution is 5.75. The number of carbonyl (C=O) groups is 1. The third-order valence-electron chi connectivity index (χ3n) is 3.31. The molecule has 1 amide bonds. The number of halogens is 3. The predicted molar refractivity (Wildman–Crippen MR) is 62.9 cm³/mol. The zero-order chi connectivity index (χ0) is 14.9. The van der Waals surface area contributed by atoms with E-state index >= 15 is 0 Å². The normalized spacial score (nSPS) is 16.6. The summed E-state index contributed by atoms with van der Waals surface area (Å²) in [5.74, 6) is -1.80. The molecule has 6 nitrogen and oxygen atoms in total. The Morgan fingerprint density at radius 3 is 2.50 bits per heavy atom. The van der Waals surface area contributed by atoms with Crippen LogP contribution in [-0.4, -0.2) is 26.3 Å². The summed E-state index contributed by atoms with van der Waals surface area (Å²) in [5.41, 5.74) is -0.959. The van der Waals surface area contributed by atoms with Gasteiger partial charge in [-0.2, -0.15) is 13.2 Å². The van der Waals surface area contributed by atoms with Gasteiger partial charge in [0.05, 0.1) is 0 Å². The van der Waals surface area contributed by atoms with Crippen LogP contribution in [0.15, 0.2) is 4.79 Å². The van der Waals surface area contributed by atoms with Gasteiger partial charge in [-0.1, -0.05) is 12.8 Å². The maximum atomic E-state index is 12.6. The summed E-state index contributed by atoms with van der Waals surface area (Å²) in [6.45, 7) is -0.501. The Balaban J connectivity index is 2.09. The lowest BCUT2D eigenvalue weighted by atomic mass is 10.2. The fourth-order valence-corrected chi connectivity index (χ4v) is 2.32. The van der Waals surface area contributed by atoms with Crippen LogP contribution < -0.4 is 11.0 Å². The van der Waals surface area contributed by atoms with Crippen LogP contribution in [0.5, 0.6) is 0 Å². The van der Waals surface area contributed by atoms with Crippen molar-refractivity contribution in [2.75, 3.05) is 0 Å². The van der Waals surface area contributed by atoms with Gasteiger partial charge in [0.15, 0.2) is 0 Å². The monoisotopic (exact) mass is 292 g/mol. The first-order chi connectivity index (χ1) is 9.29. The molecule has 1 heterocycles. The van der Waals surface area contributed by atoms with Crippen molar-refractivity contribution >= 4 is 5.91 Å². The van der Waals surface area contributed by atoms with Crippen LogP contribution in [0.4, 0.5) is 13.2 Å². The molecule has 0 bridgehead atoms. The van der Waals surface area contributed by atoms with Crippen molar-refractivity contribution in [3.05, 3.63) is 16.3 Å². The van der Waals surface area contributed by atoms with Gasteiger partial charge in [0.2, 0.25) is 11.7 Å². The van der Waals surface area contributed by atoms with Gasteiger partial charge >= 0.3 is 11.9 Å². The summed E-state index contributed by atoms with van der Waals surface area (Å²) in [7, 11) is 0.976. The van der Waals surface area contributed by atoms with Crippen LogP contribution in [0.25, 0.3) is 0 Å². The van der Waals surface area contributed by atoms with Gasteiger partial charge in [-0.05, 0) is 12.8 Å². The van der Waals surface area contributed by atoms with E-state index in [4.69, 9.17) is 0 Å². The van der Waals surface area contributed by atoms with Crippen molar-refractivity contribution in [1.82, 2.24) is 19.7 Å². The fourth-order valence-electron chi connectivity index (χ4n) is 2.32. The van der Waals surface area contributed by atoms with Gasteiger partial charge < -0.3 is 5.32 Å². The Hall–Kier alpha value is -1.80. The molecule has 9 heteroatoms. The van der Waals surface area contributed by atoms with Crippen molar-refractivity contribution in [3.63, 3.8) is 0 Å². The Bertz CT molecular complexity index is 555. The molecule has 112 valence electrons. The van der Waals surface area contributed by atoms with Gasteiger partial charge in [0.1, 0.15) is 6.54 Å². The van der Waals surface area contributed by atoms with E-state index in [0.717, 1.165) is 32.7 Å². The van der Waals surface area contributed by atoms with E-state index < -0.39 is 30.1 Å². The molecule has 1 saturated carbocycles. The number of hydrogen-bond acceptors (Lipinski definition) is 3. The molecular weight excluding hydrogens is 277 g/mol. The summed E-state index contributed by atoms with van der Waals surface area (Å²) in [6.07, 6.45) is -0.964. The molecule has 0 spiro atoms. The molecule has 1 aromatic rings. The number of aromatic nitrogens is 3. The molecule has 0 atom stereocenters. The van der Waals surface area contributed by atoms with Crippen LogP contribution in [-0.2, 0) is 24.6 Å². The Labute approximate surface area is 112 Å². The Morgan fingerprint density at radius 2 is 2.00 bits per heavy atom. The van der Waals surface area contributed by atoms with Crippen LogP contribution in [0.2, 0.25) is 0 Å². The average molecular weight is 292 g/mol. The van der Waals surface area contributed by atoms with Crippen molar-refractivity contribution in [2.24, 2.45) is 7.05 Å². The number of amides is 1. The van der Waals surface area contributed by atoms with Crippen LogP contribution in [0.1, 0.15) is 31.5 Å². The standard InChI is InChI=1S/C11H15F3N4O2/c1-17-9(11(12,13)14)16-18(10(17)20)6-8(19)15-7-4-2-3-5-7/h7H,2-6H2,1H3,(H,15,19). The van der Waals surface area contributed by atoms with Crippen molar-refractivity contribution in [2.45, 2.75) is 44.4 Å². The lowest BCUT2D eigenvalue weighted by Crippen LogP contribution is -2.38. The second kappa shape index (κ2) is 5.29. The zero-order valence-corrected chi connectivity index (χ0v) is 10.9. The van der Waals surface area contributed by atoms with Crippen LogP contribution in [0, 0.1) is 0 Å². The number of carbonyl (C=O) groups excluding carboxylic acids is 1. The number of alkyl halides is 3. The van der Waals surface area contributed by atoms with E-state index in [9.17, 15) is 22.8 Å². The van der Waals surface area contributed by atoms with Crippen LogP contribution >= 0.6 is 0 Å². The van der Waals surface area contributed by atoms with Gasteiger partial charge in [-0.25, -0.2) is 9.48 Å². The topological polar surface area (TPSA) is 68.9 Å². The van der Waals surface area contributed by atoms with E-state index in [0.29, 0.717) is 9.25 Å². The maximum absolute atomic E-state index is 12.6. The number of hydrogen-bond donors (Lipinski definition) is 1. The van der Waals surface area contributed by atoms with E-state index in [-0.39, 0.29) is 6.04 Å². The summed E-state index contributed by atoms with van der Waals surface area (Å²) in [6, 6.07) is 0.0454. The Morgan fingerprint density at radius 1 is 1.40 bits per heavy atom. The molecule has 0 radical (unpaired) electrons. The highest BCUT2D eigenvalue weighted by Crippen LogP contribution is 2.26. The number of rotatable bonds is 3. The van der Waals surface area contributed by atoms with Gasteiger partial charge in [-0.3, -0.25) is 9.36 Å². The molecule has 0 aliphatic heterocycles. The first-order valence-corrected chi connectivity index (χ1v) is 6.29. The smallest absolute Gasteiger partial charge is 0.352 e. The summed E-state index contributed by atoms with van der Waals surface area (Å²) in [5, 5.41) is 5.87. The summed E-state index contributed by atoms with van der Waals surface area (Å²) >= 11 is 0. The Kier molecular flexibility index (Phi) is 3.87.